The van der Waals surface area contributed by atoms with Crippen molar-refractivity contribution in [2.75, 3.05) is 6.54 Å². The van der Waals surface area contributed by atoms with E-state index in [0.717, 1.165) is 19.3 Å². The Morgan fingerprint density at radius 1 is 1.40 bits per heavy atom. The molecule has 1 aliphatic carbocycles. The van der Waals surface area contributed by atoms with Crippen LogP contribution in [0.4, 0.5) is 0 Å². The first-order chi connectivity index (χ1) is 9.40. The lowest BCUT2D eigenvalue weighted by atomic mass is 9.87. The van der Waals surface area contributed by atoms with Gasteiger partial charge >= 0.3 is 0 Å². The van der Waals surface area contributed by atoms with Gasteiger partial charge in [0.2, 0.25) is 10.0 Å². The quantitative estimate of drug-likeness (QED) is 0.896. The maximum absolute atomic E-state index is 12.3. The molecule has 4 nitrogen and oxygen atoms in total. The molecule has 0 bridgehead atoms. The fraction of sp³-hybridized carbons (Fsp3) is 0.571. The minimum absolute atomic E-state index is 0.202. The van der Waals surface area contributed by atoms with E-state index in [1.54, 1.807) is 25.1 Å². The first kappa shape index (κ1) is 15.8. The lowest BCUT2D eigenvalue weighted by Gasteiger charge is -2.26. The number of hydrogen-bond acceptors (Lipinski definition) is 3. The highest BCUT2D eigenvalue weighted by atomic mass is 35.5. The smallest absolute Gasteiger partial charge is 0.240 e. The second-order valence-corrected chi connectivity index (χ2v) is 7.54. The second-order valence-electron chi connectivity index (χ2n) is 5.40. The van der Waals surface area contributed by atoms with Crippen molar-refractivity contribution in [3.8, 4) is 0 Å². The van der Waals surface area contributed by atoms with Crippen LogP contribution < -0.4 is 4.72 Å². The van der Waals surface area contributed by atoms with Gasteiger partial charge in [-0.1, -0.05) is 24.1 Å². The van der Waals surface area contributed by atoms with Crippen molar-refractivity contribution < 1.29 is 13.5 Å². The molecule has 0 amide bonds. The zero-order chi connectivity index (χ0) is 14.8. The lowest BCUT2D eigenvalue weighted by Crippen LogP contribution is -2.33. The maximum Gasteiger partial charge on any atom is 0.240 e. The van der Waals surface area contributed by atoms with Gasteiger partial charge in [-0.2, -0.15) is 0 Å². The predicted molar refractivity (Wildman–Crippen MR) is 79.3 cm³/mol. The molecule has 6 heteroatoms. The van der Waals surface area contributed by atoms with Crippen LogP contribution in [-0.4, -0.2) is 26.2 Å². The molecule has 0 saturated heterocycles. The number of rotatable bonds is 4. The molecular weight excluding hydrogens is 298 g/mol. The predicted octanol–water partition coefficient (Wildman–Crippen LogP) is 2.48. The van der Waals surface area contributed by atoms with Crippen LogP contribution in [0.5, 0.6) is 0 Å². The third-order valence-corrected chi connectivity index (χ3v) is 5.80. The van der Waals surface area contributed by atoms with E-state index in [0.29, 0.717) is 23.6 Å². The third kappa shape index (κ3) is 3.73. The number of aliphatic hydroxyl groups excluding tert-OH is 1. The van der Waals surface area contributed by atoms with Gasteiger partial charge in [-0.25, -0.2) is 13.1 Å². The Labute approximate surface area is 125 Å². The molecule has 0 aliphatic heterocycles. The summed E-state index contributed by atoms with van der Waals surface area (Å²) in [5.41, 5.74) is 0.561. The fourth-order valence-electron chi connectivity index (χ4n) is 2.63. The van der Waals surface area contributed by atoms with Crippen molar-refractivity contribution in [1.29, 1.82) is 0 Å². The first-order valence-electron chi connectivity index (χ1n) is 6.83. The van der Waals surface area contributed by atoms with Crippen molar-refractivity contribution in [3.05, 3.63) is 28.8 Å². The normalized spacial score (nSPS) is 23.8. The van der Waals surface area contributed by atoms with E-state index in [2.05, 4.69) is 4.72 Å². The van der Waals surface area contributed by atoms with Gasteiger partial charge in [-0.3, -0.25) is 0 Å². The molecule has 1 aromatic rings. The van der Waals surface area contributed by atoms with Gasteiger partial charge in [0, 0.05) is 11.6 Å². The number of hydrogen-bond donors (Lipinski definition) is 2. The van der Waals surface area contributed by atoms with Gasteiger partial charge in [0.25, 0.3) is 0 Å². The van der Waals surface area contributed by atoms with E-state index in [1.165, 1.54) is 0 Å². The van der Waals surface area contributed by atoms with Gasteiger partial charge in [0.15, 0.2) is 0 Å². The summed E-state index contributed by atoms with van der Waals surface area (Å²) >= 11 is 5.96. The topological polar surface area (TPSA) is 66.4 Å². The summed E-state index contributed by atoms with van der Waals surface area (Å²) in [5, 5.41) is 10.1. The Bertz CT molecular complexity index is 574. The number of benzene rings is 1. The Morgan fingerprint density at radius 3 is 2.85 bits per heavy atom. The number of nitrogens with one attached hydrogen (secondary N) is 1. The SMILES string of the molecule is Cc1c(Cl)cccc1S(=O)(=O)NCC1CCCC(O)C1. The number of aliphatic hydroxyl groups is 1. The van der Waals surface area contributed by atoms with Gasteiger partial charge in [0.05, 0.1) is 11.0 Å². The number of halogens is 1. The highest BCUT2D eigenvalue weighted by molar-refractivity contribution is 7.89. The van der Waals surface area contributed by atoms with Gasteiger partial charge in [-0.05, 0) is 49.8 Å². The summed E-state index contributed by atoms with van der Waals surface area (Å²) in [5.74, 6) is 0.202. The van der Waals surface area contributed by atoms with Crippen molar-refractivity contribution in [1.82, 2.24) is 4.72 Å². The van der Waals surface area contributed by atoms with Crippen molar-refractivity contribution in [3.63, 3.8) is 0 Å². The van der Waals surface area contributed by atoms with Crippen LogP contribution in [0.25, 0.3) is 0 Å². The molecule has 1 aliphatic rings. The zero-order valence-electron chi connectivity index (χ0n) is 11.5. The summed E-state index contributed by atoms with van der Waals surface area (Å²) in [6.45, 7) is 2.06. The monoisotopic (exact) mass is 317 g/mol. The molecule has 0 spiro atoms. The minimum Gasteiger partial charge on any atom is -0.393 e. The maximum atomic E-state index is 12.3. The third-order valence-electron chi connectivity index (χ3n) is 3.82. The zero-order valence-corrected chi connectivity index (χ0v) is 13.0. The van der Waals surface area contributed by atoms with Gasteiger partial charge in [0.1, 0.15) is 0 Å². The minimum atomic E-state index is -3.55. The van der Waals surface area contributed by atoms with E-state index < -0.39 is 10.0 Å². The molecular formula is C14H20ClNO3S. The summed E-state index contributed by atoms with van der Waals surface area (Å²) in [6.07, 6.45) is 3.08. The van der Waals surface area contributed by atoms with Crippen LogP contribution in [0, 0.1) is 12.8 Å². The molecule has 1 fully saturated rings. The Morgan fingerprint density at radius 2 is 2.15 bits per heavy atom. The van der Waals surface area contributed by atoms with Gasteiger partial charge in [-0.15, -0.1) is 0 Å². The van der Waals surface area contributed by atoms with E-state index in [1.807, 2.05) is 0 Å². The van der Waals surface area contributed by atoms with E-state index in [9.17, 15) is 13.5 Å². The summed E-state index contributed by atoms with van der Waals surface area (Å²) in [6, 6.07) is 4.86. The molecule has 112 valence electrons. The molecule has 20 heavy (non-hydrogen) atoms. The molecule has 0 aromatic heterocycles. The highest BCUT2D eigenvalue weighted by Crippen LogP contribution is 2.25. The van der Waals surface area contributed by atoms with Crippen LogP contribution in [0.1, 0.15) is 31.2 Å². The summed E-state index contributed by atoms with van der Waals surface area (Å²) in [7, 11) is -3.55. The average molecular weight is 318 g/mol. The Kier molecular flexibility index (Phi) is 5.07. The van der Waals surface area contributed by atoms with Crippen LogP contribution in [0.2, 0.25) is 5.02 Å². The molecule has 2 unspecified atom stereocenters. The van der Waals surface area contributed by atoms with Crippen LogP contribution in [-0.2, 0) is 10.0 Å². The average Bonchev–Trinajstić information content (AvgIpc) is 2.40. The van der Waals surface area contributed by atoms with Crippen LogP contribution in [0.3, 0.4) is 0 Å². The molecule has 1 saturated carbocycles. The van der Waals surface area contributed by atoms with Crippen molar-refractivity contribution in [2.45, 2.75) is 43.6 Å². The van der Waals surface area contributed by atoms with Crippen molar-refractivity contribution in [2.24, 2.45) is 5.92 Å². The van der Waals surface area contributed by atoms with Crippen molar-refractivity contribution >= 4 is 21.6 Å². The lowest BCUT2D eigenvalue weighted by molar-refractivity contribution is 0.102. The highest BCUT2D eigenvalue weighted by Gasteiger charge is 2.23. The molecule has 0 heterocycles. The second kappa shape index (κ2) is 6.43. The summed E-state index contributed by atoms with van der Waals surface area (Å²) in [4.78, 5) is 0.223. The first-order valence-corrected chi connectivity index (χ1v) is 8.69. The molecule has 2 atom stereocenters. The Hall–Kier alpha value is -0.620. The van der Waals surface area contributed by atoms with Crippen LogP contribution >= 0.6 is 11.6 Å². The Balaban J connectivity index is 2.06. The summed E-state index contributed by atoms with van der Waals surface area (Å²) < 4.78 is 27.2. The van der Waals surface area contributed by atoms with Gasteiger partial charge < -0.3 is 5.11 Å². The fourth-order valence-corrected chi connectivity index (χ4v) is 4.24. The molecule has 0 radical (unpaired) electrons. The molecule has 2 rings (SSSR count). The molecule has 2 N–H and O–H groups in total. The molecule has 1 aromatic carbocycles. The van der Waals surface area contributed by atoms with Crippen LogP contribution in [0.15, 0.2) is 23.1 Å². The van der Waals surface area contributed by atoms with E-state index >= 15 is 0 Å². The van der Waals surface area contributed by atoms with E-state index in [4.69, 9.17) is 11.6 Å². The van der Waals surface area contributed by atoms with E-state index in [-0.39, 0.29) is 16.9 Å². The number of sulfonamides is 1. The standard InChI is InChI=1S/C14H20ClNO3S/c1-10-13(15)6-3-7-14(10)20(18,19)16-9-11-4-2-5-12(17)8-11/h3,6-7,11-12,16-17H,2,4-5,8-9H2,1H3. The largest absolute Gasteiger partial charge is 0.393 e.